The molecule has 2 nitrogen and oxygen atoms in total. The molecule has 2 aromatic carbocycles. The normalized spacial score (nSPS) is 10.8. The quantitative estimate of drug-likeness (QED) is 0.874. The molecule has 0 unspecified atom stereocenters. The summed E-state index contributed by atoms with van der Waals surface area (Å²) in [4.78, 5) is 0. The number of hydrogen-bond acceptors (Lipinski definition) is 2. The van der Waals surface area contributed by atoms with E-state index in [1.807, 2.05) is 0 Å². The van der Waals surface area contributed by atoms with Crippen molar-refractivity contribution in [3.63, 3.8) is 0 Å². The first-order chi connectivity index (χ1) is 8.06. The minimum absolute atomic E-state index is 0.127. The van der Waals surface area contributed by atoms with Crippen molar-refractivity contribution in [1.29, 1.82) is 0 Å². The predicted octanol–water partition coefficient (Wildman–Crippen LogP) is 3.36. The third-order valence-corrected chi connectivity index (χ3v) is 2.37. The molecule has 0 fully saturated rings. The van der Waals surface area contributed by atoms with Gasteiger partial charge in [-0.1, -0.05) is 6.07 Å². The van der Waals surface area contributed by atoms with Crippen LogP contribution < -0.4 is 4.74 Å². The molecule has 5 heteroatoms. The van der Waals surface area contributed by atoms with Gasteiger partial charge in [0.1, 0.15) is 0 Å². The summed E-state index contributed by atoms with van der Waals surface area (Å²) in [5.41, 5.74) is 0. The van der Waals surface area contributed by atoms with E-state index in [1.165, 1.54) is 12.1 Å². The van der Waals surface area contributed by atoms with Crippen LogP contribution in [0.1, 0.15) is 6.92 Å². The van der Waals surface area contributed by atoms with Gasteiger partial charge >= 0.3 is 0 Å². The summed E-state index contributed by atoms with van der Waals surface area (Å²) in [6.07, 6.45) is 0. The van der Waals surface area contributed by atoms with Gasteiger partial charge in [-0.25, -0.2) is 8.78 Å². The highest BCUT2D eigenvalue weighted by Crippen LogP contribution is 2.33. The van der Waals surface area contributed by atoms with Crippen LogP contribution in [0.3, 0.4) is 0 Å². The van der Waals surface area contributed by atoms with Gasteiger partial charge in [-0.3, -0.25) is 0 Å². The van der Waals surface area contributed by atoms with Gasteiger partial charge in [0.05, 0.1) is 12.0 Å². The van der Waals surface area contributed by atoms with Gasteiger partial charge in [0.25, 0.3) is 0 Å². The van der Waals surface area contributed by atoms with E-state index >= 15 is 0 Å². The van der Waals surface area contributed by atoms with Crippen molar-refractivity contribution in [3.8, 4) is 11.5 Å². The van der Waals surface area contributed by atoms with Crippen molar-refractivity contribution in [1.82, 2.24) is 0 Å². The Labute approximate surface area is 95.2 Å². The largest absolute Gasteiger partial charge is 0.505 e. The van der Waals surface area contributed by atoms with Crippen molar-refractivity contribution in [3.05, 3.63) is 35.7 Å². The number of phenols is 1. The molecular weight excluding hydrogens is 233 g/mol. The highest BCUT2D eigenvalue weighted by Gasteiger charge is 2.19. The minimum Gasteiger partial charge on any atom is -0.505 e. The van der Waals surface area contributed by atoms with E-state index in [2.05, 4.69) is 0 Å². The van der Waals surface area contributed by atoms with Crippen LogP contribution in [0.4, 0.5) is 13.2 Å². The summed E-state index contributed by atoms with van der Waals surface area (Å²) in [6.45, 7) is 1.79. The Morgan fingerprint density at radius 3 is 2.47 bits per heavy atom. The maximum Gasteiger partial charge on any atom is 0.201 e. The second-order valence-corrected chi connectivity index (χ2v) is 3.43. The first-order valence-corrected chi connectivity index (χ1v) is 4.98. The lowest BCUT2D eigenvalue weighted by Gasteiger charge is -2.09. The van der Waals surface area contributed by atoms with Gasteiger partial charge in [0.15, 0.2) is 23.1 Å². The molecule has 2 rings (SSSR count). The fraction of sp³-hybridized carbons (Fsp3) is 0.167. The summed E-state index contributed by atoms with van der Waals surface area (Å²) in [6, 6.07) is 3.56. The van der Waals surface area contributed by atoms with Gasteiger partial charge in [0.2, 0.25) is 5.82 Å². The van der Waals surface area contributed by atoms with Crippen molar-refractivity contribution in [2.75, 3.05) is 6.61 Å². The van der Waals surface area contributed by atoms with Gasteiger partial charge in [0, 0.05) is 0 Å². The van der Waals surface area contributed by atoms with Gasteiger partial charge in [-0.05, 0) is 24.4 Å². The molecule has 0 atom stereocenters. The van der Waals surface area contributed by atoms with Crippen LogP contribution in [0.2, 0.25) is 0 Å². The Balaban J connectivity index is 2.81. The average Bonchev–Trinajstić information content (AvgIpc) is 2.30. The lowest BCUT2D eigenvalue weighted by Crippen LogP contribution is -1.99. The summed E-state index contributed by atoms with van der Waals surface area (Å²) in [7, 11) is 0. The fourth-order valence-corrected chi connectivity index (χ4v) is 1.61. The number of ether oxygens (including phenoxy) is 1. The molecule has 2 aromatic rings. The number of phenolic OH excluding ortho intramolecular Hbond substituents is 1. The molecule has 0 heterocycles. The topological polar surface area (TPSA) is 29.5 Å². The van der Waals surface area contributed by atoms with E-state index < -0.39 is 28.6 Å². The zero-order valence-corrected chi connectivity index (χ0v) is 8.93. The molecule has 0 aromatic heterocycles. The molecule has 0 aliphatic rings. The van der Waals surface area contributed by atoms with Crippen LogP contribution in [0.15, 0.2) is 18.2 Å². The Hall–Kier alpha value is -1.91. The number of aromatic hydroxyl groups is 1. The third kappa shape index (κ3) is 1.77. The number of benzene rings is 2. The van der Waals surface area contributed by atoms with E-state index in [-0.39, 0.29) is 17.7 Å². The summed E-state index contributed by atoms with van der Waals surface area (Å²) in [5.74, 6) is -4.80. The summed E-state index contributed by atoms with van der Waals surface area (Å²) < 4.78 is 45.5. The van der Waals surface area contributed by atoms with Crippen molar-refractivity contribution in [2.45, 2.75) is 6.92 Å². The molecule has 90 valence electrons. The molecule has 0 spiro atoms. The van der Waals surface area contributed by atoms with Crippen molar-refractivity contribution >= 4 is 10.8 Å². The molecule has 1 N–H and O–H groups in total. The van der Waals surface area contributed by atoms with E-state index in [1.54, 1.807) is 6.92 Å². The number of halogens is 3. The van der Waals surface area contributed by atoms with Crippen LogP contribution in [-0.2, 0) is 0 Å². The smallest absolute Gasteiger partial charge is 0.201 e. The predicted molar refractivity (Wildman–Crippen MR) is 56.7 cm³/mol. The molecule has 17 heavy (non-hydrogen) atoms. The lowest BCUT2D eigenvalue weighted by atomic mass is 10.1. The maximum atomic E-state index is 13.6. The first-order valence-electron chi connectivity index (χ1n) is 4.98. The van der Waals surface area contributed by atoms with Crippen molar-refractivity contribution < 1.29 is 23.0 Å². The monoisotopic (exact) mass is 242 g/mol. The second-order valence-electron chi connectivity index (χ2n) is 3.43. The zero-order valence-electron chi connectivity index (χ0n) is 8.93. The molecule has 0 aliphatic heterocycles. The van der Waals surface area contributed by atoms with Crippen molar-refractivity contribution in [2.24, 2.45) is 0 Å². The van der Waals surface area contributed by atoms with Crippen LogP contribution in [-0.4, -0.2) is 11.7 Å². The van der Waals surface area contributed by atoms with E-state index in [0.717, 1.165) is 6.07 Å². The Kier molecular flexibility index (Phi) is 2.83. The minimum atomic E-state index is -1.36. The van der Waals surface area contributed by atoms with Crippen LogP contribution in [0.5, 0.6) is 11.5 Å². The molecule has 0 radical (unpaired) electrons. The van der Waals surface area contributed by atoms with Gasteiger partial charge < -0.3 is 9.84 Å². The highest BCUT2D eigenvalue weighted by molar-refractivity contribution is 5.86. The summed E-state index contributed by atoms with van der Waals surface area (Å²) >= 11 is 0. The summed E-state index contributed by atoms with van der Waals surface area (Å²) in [5, 5.41) is 8.66. The standard InChI is InChI=1S/C12H9F3O2/c1-2-17-8-5-6-3-4-7(16)10(13)9(6)12(15)11(8)14/h3-5,16H,2H2,1H3. The SMILES string of the molecule is CCOc1cc2ccc(O)c(F)c2c(F)c1F. The zero-order chi connectivity index (χ0) is 12.6. The van der Waals surface area contributed by atoms with E-state index in [4.69, 9.17) is 9.84 Å². The molecule has 0 saturated carbocycles. The molecule has 0 bridgehead atoms. The van der Waals surface area contributed by atoms with Crippen LogP contribution >= 0.6 is 0 Å². The maximum absolute atomic E-state index is 13.6. The van der Waals surface area contributed by atoms with Gasteiger partial charge in [-0.15, -0.1) is 0 Å². The van der Waals surface area contributed by atoms with Crippen LogP contribution in [0.25, 0.3) is 10.8 Å². The van der Waals surface area contributed by atoms with E-state index in [9.17, 15) is 13.2 Å². The average molecular weight is 242 g/mol. The Morgan fingerprint density at radius 2 is 1.82 bits per heavy atom. The number of hydrogen-bond donors (Lipinski definition) is 1. The third-order valence-electron chi connectivity index (χ3n) is 2.37. The molecular formula is C12H9F3O2. The molecule has 0 aliphatic carbocycles. The fourth-order valence-electron chi connectivity index (χ4n) is 1.61. The lowest BCUT2D eigenvalue weighted by molar-refractivity contribution is 0.315. The molecule has 0 saturated heterocycles. The second kappa shape index (κ2) is 4.16. The van der Waals surface area contributed by atoms with E-state index in [0.29, 0.717) is 0 Å². The Bertz CT molecular complexity index is 582. The highest BCUT2D eigenvalue weighted by atomic mass is 19.2. The van der Waals surface area contributed by atoms with Crippen LogP contribution in [0, 0.1) is 17.5 Å². The molecule has 0 amide bonds. The number of fused-ring (bicyclic) bond motifs is 1. The Morgan fingerprint density at radius 1 is 1.12 bits per heavy atom. The van der Waals surface area contributed by atoms with Gasteiger partial charge in [-0.2, -0.15) is 4.39 Å². The first kappa shape index (κ1) is 11.6. The number of rotatable bonds is 2.